The molecule has 25 heavy (non-hydrogen) atoms. The van der Waals surface area contributed by atoms with Crippen molar-refractivity contribution >= 4 is 15.7 Å². The molecular weight excluding hydrogens is 346 g/mol. The Balaban J connectivity index is 1.96. The van der Waals surface area contributed by atoms with E-state index in [4.69, 9.17) is 4.74 Å². The van der Waals surface area contributed by atoms with Gasteiger partial charge >= 0.3 is 0 Å². The zero-order valence-corrected chi connectivity index (χ0v) is 15.2. The highest BCUT2D eigenvalue weighted by Gasteiger charge is 2.23. The van der Waals surface area contributed by atoms with Crippen molar-refractivity contribution in [2.24, 2.45) is 0 Å². The average molecular weight is 371 g/mol. The Bertz CT molecular complexity index is 685. The third kappa shape index (κ3) is 5.65. The molecule has 2 N–H and O–H groups in total. The van der Waals surface area contributed by atoms with Gasteiger partial charge in [0.2, 0.25) is 10.0 Å². The van der Waals surface area contributed by atoms with Crippen molar-refractivity contribution in [1.82, 2.24) is 10.0 Å². The Kier molecular flexibility index (Phi) is 7.15. The molecular formula is C16H25N3O5S. The lowest BCUT2D eigenvalue weighted by atomic mass is 10.1. The van der Waals surface area contributed by atoms with E-state index in [9.17, 15) is 18.5 Å². The van der Waals surface area contributed by atoms with E-state index in [0.29, 0.717) is 12.6 Å². The van der Waals surface area contributed by atoms with Gasteiger partial charge in [0.25, 0.3) is 5.69 Å². The number of ether oxygens (including phenoxy) is 1. The average Bonchev–Trinajstić information content (AvgIpc) is 2.87. The minimum Gasteiger partial charge on any atom is -0.495 e. The van der Waals surface area contributed by atoms with Gasteiger partial charge in [0.15, 0.2) is 0 Å². The molecule has 0 bridgehead atoms. The van der Waals surface area contributed by atoms with Gasteiger partial charge < -0.3 is 10.1 Å². The van der Waals surface area contributed by atoms with Gasteiger partial charge in [-0.05, 0) is 18.9 Å². The SMILES string of the molecule is COc1ccc([N+](=O)[O-])cc1S(=O)(=O)NCCNC1CCCCCC1. The number of methoxy groups -OCH3 is 1. The van der Waals surface area contributed by atoms with Crippen molar-refractivity contribution in [3.8, 4) is 5.75 Å². The number of nitro groups is 1. The maximum absolute atomic E-state index is 12.5. The molecule has 0 heterocycles. The molecule has 1 aliphatic carbocycles. The summed E-state index contributed by atoms with van der Waals surface area (Å²) in [6, 6.07) is 3.95. The summed E-state index contributed by atoms with van der Waals surface area (Å²) in [7, 11) is -2.56. The van der Waals surface area contributed by atoms with E-state index in [-0.39, 0.29) is 22.9 Å². The molecule has 8 nitrogen and oxygen atoms in total. The molecule has 140 valence electrons. The maximum atomic E-state index is 12.5. The zero-order chi connectivity index (χ0) is 18.3. The molecule has 9 heteroatoms. The quantitative estimate of drug-likeness (QED) is 0.314. The molecule has 0 atom stereocenters. The molecule has 1 saturated carbocycles. The van der Waals surface area contributed by atoms with Crippen LogP contribution in [0.15, 0.2) is 23.1 Å². The summed E-state index contributed by atoms with van der Waals surface area (Å²) >= 11 is 0. The predicted octanol–water partition coefficient (Wildman–Crippen LogP) is 2.19. The maximum Gasteiger partial charge on any atom is 0.271 e. The van der Waals surface area contributed by atoms with Gasteiger partial charge in [-0.25, -0.2) is 13.1 Å². The summed E-state index contributed by atoms with van der Waals surface area (Å²) in [5.41, 5.74) is -0.294. The molecule has 1 aliphatic rings. The van der Waals surface area contributed by atoms with Gasteiger partial charge in [0.1, 0.15) is 10.6 Å². The minimum atomic E-state index is -3.89. The third-order valence-corrected chi connectivity index (χ3v) is 5.84. The van der Waals surface area contributed by atoms with Crippen LogP contribution in [0, 0.1) is 10.1 Å². The summed E-state index contributed by atoms with van der Waals surface area (Å²) < 4.78 is 32.4. The molecule has 0 aromatic heterocycles. The first-order valence-electron chi connectivity index (χ1n) is 8.49. The Morgan fingerprint density at radius 2 is 1.88 bits per heavy atom. The number of nitrogens with one attached hydrogen (secondary N) is 2. The molecule has 0 unspecified atom stereocenters. The summed E-state index contributed by atoms with van der Waals surface area (Å²) in [5.74, 6) is 0.0785. The second-order valence-electron chi connectivity index (χ2n) is 6.13. The first-order valence-corrected chi connectivity index (χ1v) is 9.98. The monoisotopic (exact) mass is 371 g/mol. The largest absolute Gasteiger partial charge is 0.495 e. The lowest BCUT2D eigenvalue weighted by Gasteiger charge is -2.16. The Morgan fingerprint density at radius 1 is 1.20 bits per heavy atom. The third-order valence-electron chi connectivity index (χ3n) is 4.35. The standard InChI is InChI=1S/C16H25N3O5S/c1-24-15-9-8-14(19(20)21)12-16(15)25(22,23)18-11-10-17-13-6-4-2-3-5-7-13/h8-9,12-13,17-18H,2-7,10-11H2,1H3. The zero-order valence-electron chi connectivity index (χ0n) is 14.4. The first-order chi connectivity index (χ1) is 11.9. The van der Waals surface area contributed by atoms with Gasteiger partial charge in [0, 0.05) is 31.3 Å². The number of hydrogen-bond donors (Lipinski definition) is 2. The van der Waals surface area contributed by atoms with Crippen LogP contribution in [0.1, 0.15) is 38.5 Å². The highest BCUT2D eigenvalue weighted by Crippen LogP contribution is 2.27. The van der Waals surface area contributed by atoms with Gasteiger partial charge in [-0.2, -0.15) is 0 Å². The van der Waals surface area contributed by atoms with Crippen molar-refractivity contribution in [2.75, 3.05) is 20.2 Å². The van der Waals surface area contributed by atoms with Crippen LogP contribution in [0.4, 0.5) is 5.69 Å². The van der Waals surface area contributed by atoms with Crippen LogP contribution >= 0.6 is 0 Å². The van der Waals surface area contributed by atoms with Crippen LogP contribution in [-0.2, 0) is 10.0 Å². The van der Waals surface area contributed by atoms with E-state index in [1.165, 1.54) is 44.9 Å². The van der Waals surface area contributed by atoms with Gasteiger partial charge in [0.05, 0.1) is 12.0 Å². The molecule has 2 rings (SSSR count). The van der Waals surface area contributed by atoms with Crippen LogP contribution in [0.3, 0.4) is 0 Å². The summed E-state index contributed by atoms with van der Waals surface area (Å²) in [6.45, 7) is 0.728. The predicted molar refractivity (Wildman–Crippen MR) is 94.3 cm³/mol. The van der Waals surface area contributed by atoms with E-state index < -0.39 is 14.9 Å². The number of benzene rings is 1. The topological polar surface area (TPSA) is 111 Å². The van der Waals surface area contributed by atoms with Crippen LogP contribution < -0.4 is 14.8 Å². The van der Waals surface area contributed by atoms with Crippen LogP contribution in [-0.4, -0.2) is 39.6 Å². The Morgan fingerprint density at radius 3 is 2.48 bits per heavy atom. The van der Waals surface area contributed by atoms with Crippen molar-refractivity contribution in [2.45, 2.75) is 49.5 Å². The first kappa shape index (κ1) is 19.6. The molecule has 0 radical (unpaired) electrons. The van der Waals surface area contributed by atoms with E-state index in [0.717, 1.165) is 18.9 Å². The summed E-state index contributed by atoms with van der Waals surface area (Å²) in [6.07, 6.45) is 7.16. The second-order valence-corrected chi connectivity index (χ2v) is 7.87. The lowest BCUT2D eigenvalue weighted by molar-refractivity contribution is -0.385. The number of nitro benzene ring substituents is 1. The number of sulfonamides is 1. The Labute approximate surface area is 148 Å². The highest BCUT2D eigenvalue weighted by molar-refractivity contribution is 7.89. The van der Waals surface area contributed by atoms with Crippen LogP contribution in [0.2, 0.25) is 0 Å². The van der Waals surface area contributed by atoms with Crippen molar-refractivity contribution < 1.29 is 18.1 Å². The summed E-state index contributed by atoms with van der Waals surface area (Å²) in [5, 5.41) is 14.3. The molecule has 1 fully saturated rings. The fourth-order valence-corrected chi connectivity index (χ4v) is 4.23. The Hall–Kier alpha value is -1.71. The number of non-ortho nitro benzene ring substituents is 1. The van der Waals surface area contributed by atoms with E-state index >= 15 is 0 Å². The highest BCUT2D eigenvalue weighted by atomic mass is 32.2. The molecule has 0 spiro atoms. The number of nitrogens with zero attached hydrogens (tertiary/aromatic N) is 1. The van der Waals surface area contributed by atoms with Crippen molar-refractivity contribution in [3.63, 3.8) is 0 Å². The van der Waals surface area contributed by atoms with Gasteiger partial charge in [-0.3, -0.25) is 10.1 Å². The minimum absolute atomic E-state index is 0.0785. The van der Waals surface area contributed by atoms with Gasteiger partial charge in [-0.1, -0.05) is 25.7 Å². The van der Waals surface area contributed by atoms with Gasteiger partial charge in [-0.15, -0.1) is 0 Å². The van der Waals surface area contributed by atoms with Crippen LogP contribution in [0.5, 0.6) is 5.75 Å². The van der Waals surface area contributed by atoms with Crippen LogP contribution in [0.25, 0.3) is 0 Å². The van der Waals surface area contributed by atoms with E-state index in [1.54, 1.807) is 0 Å². The molecule has 0 aliphatic heterocycles. The molecule has 0 amide bonds. The fraction of sp³-hybridized carbons (Fsp3) is 0.625. The van der Waals surface area contributed by atoms with E-state index in [2.05, 4.69) is 10.0 Å². The lowest BCUT2D eigenvalue weighted by Crippen LogP contribution is -2.37. The number of hydrogen-bond acceptors (Lipinski definition) is 6. The fourth-order valence-electron chi connectivity index (χ4n) is 3.01. The molecule has 0 saturated heterocycles. The smallest absolute Gasteiger partial charge is 0.271 e. The second kappa shape index (κ2) is 9.12. The van der Waals surface area contributed by atoms with Crippen molar-refractivity contribution in [1.29, 1.82) is 0 Å². The molecule has 1 aromatic rings. The molecule has 1 aromatic carbocycles. The summed E-state index contributed by atoms with van der Waals surface area (Å²) in [4.78, 5) is 10.0. The normalized spacial score (nSPS) is 16.4. The van der Waals surface area contributed by atoms with E-state index in [1.807, 2.05) is 0 Å². The van der Waals surface area contributed by atoms with Crippen molar-refractivity contribution in [3.05, 3.63) is 28.3 Å². The number of rotatable bonds is 8.